The van der Waals surface area contributed by atoms with Crippen molar-refractivity contribution in [2.45, 2.75) is 46.8 Å². The second-order valence-electron chi connectivity index (χ2n) is 6.59. The highest BCUT2D eigenvalue weighted by atomic mass is 16.3. The van der Waals surface area contributed by atoms with E-state index in [0.29, 0.717) is 13.1 Å². The van der Waals surface area contributed by atoms with Gasteiger partial charge in [-0.3, -0.25) is 4.68 Å². The van der Waals surface area contributed by atoms with Gasteiger partial charge in [-0.05, 0) is 32.1 Å². The minimum Gasteiger partial charge on any atom is -0.396 e. The Morgan fingerprint density at radius 2 is 1.85 bits per heavy atom. The van der Waals surface area contributed by atoms with Crippen molar-refractivity contribution in [2.75, 3.05) is 25.4 Å². The van der Waals surface area contributed by atoms with E-state index >= 15 is 0 Å². The highest BCUT2D eigenvalue weighted by molar-refractivity contribution is 5.46. The number of rotatable bonds is 4. The number of aryl methyl sites for hydroxylation is 1. The zero-order valence-electron chi connectivity index (χ0n) is 13.1. The standard InChI is InChI=1S/C15H28N4O/c1-10-5-11(2)7-18(6-10)8-14(20)9-19-13(4)15(16)12(3)17-19/h10-11,14,20H,5-9,16H2,1-4H3. The van der Waals surface area contributed by atoms with E-state index < -0.39 is 6.10 Å². The molecule has 1 aliphatic rings. The molecule has 5 nitrogen and oxygen atoms in total. The molecule has 0 radical (unpaired) electrons. The second-order valence-corrected chi connectivity index (χ2v) is 6.59. The Balaban J connectivity index is 1.92. The van der Waals surface area contributed by atoms with E-state index in [0.717, 1.165) is 42.0 Å². The highest BCUT2D eigenvalue weighted by Gasteiger charge is 2.24. The SMILES string of the molecule is Cc1nn(CC(O)CN2CC(C)CC(C)C2)c(C)c1N. The number of aliphatic hydroxyl groups excluding tert-OH is 1. The summed E-state index contributed by atoms with van der Waals surface area (Å²) in [6.07, 6.45) is 0.894. The maximum Gasteiger partial charge on any atom is 0.0862 e. The van der Waals surface area contributed by atoms with E-state index in [4.69, 9.17) is 5.73 Å². The lowest BCUT2D eigenvalue weighted by molar-refractivity contribution is 0.0592. The number of nitrogen functional groups attached to an aromatic ring is 1. The zero-order valence-corrected chi connectivity index (χ0v) is 13.1. The third kappa shape index (κ3) is 3.52. The Labute approximate surface area is 121 Å². The fourth-order valence-electron chi connectivity index (χ4n) is 3.39. The molecule has 0 aromatic carbocycles. The van der Waals surface area contributed by atoms with E-state index in [1.54, 1.807) is 0 Å². The summed E-state index contributed by atoms with van der Waals surface area (Å²) < 4.78 is 1.83. The molecule has 5 heteroatoms. The zero-order chi connectivity index (χ0) is 14.9. The molecule has 1 saturated heterocycles. The van der Waals surface area contributed by atoms with Crippen LogP contribution < -0.4 is 5.73 Å². The molecular formula is C15H28N4O. The third-order valence-corrected chi connectivity index (χ3v) is 4.23. The van der Waals surface area contributed by atoms with Crippen LogP contribution in [0.2, 0.25) is 0 Å². The van der Waals surface area contributed by atoms with Crippen LogP contribution in [0.1, 0.15) is 31.7 Å². The van der Waals surface area contributed by atoms with E-state index in [-0.39, 0.29) is 0 Å². The summed E-state index contributed by atoms with van der Waals surface area (Å²) in [5.41, 5.74) is 8.45. The number of anilines is 1. The van der Waals surface area contributed by atoms with Gasteiger partial charge in [0, 0.05) is 19.6 Å². The molecule has 1 aromatic heterocycles. The van der Waals surface area contributed by atoms with Gasteiger partial charge >= 0.3 is 0 Å². The number of aliphatic hydroxyl groups is 1. The van der Waals surface area contributed by atoms with Crippen molar-refractivity contribution < 1.29 is 5.11 Å². The Bertz CT molecular complexity index is 447. The first-order valence-corrected chi connectivity index (χ1v) is 7.56. The number of nitrogens with two attached hydrogens (primary N) is 1. The van der Waals surface area contributed by atoms with E-state index in [1.165, 1.54) is 6.42 Å². The summed E-state index contributed by atoms with van der Waals surface area (Å²) >= 11 is 0. The molecular weight excluding hydrogens is 252 g/mol. The molecule has 2 heterocycles. The maximum absolute atomic E-state index is 10.3. The van der Waals surface area contributed by atoms with Crippen LogP contribution in [0.4, 0.5) is 5.69 Å². The van der Waals surface area contributed by atoms with E-state index in [9.17, 15) is 5.11 Å². The van der Waals surface area contributed by atoms with E-state index in [2.05, 4.69) is 23.8 Å². The van der Waals surface area contributed by atoms with E-state index in [1.807, 2.05) is 18.5 Å². The number of β-amino-alcohol motifs (C(OH)–C–C–N with tert-alkyl or cyclic N) is 1. The molecule has 0 aliphatic carbocycles. The monoisotopic (exact) mass is 280 g/mol. The number of nitrogens with zero attached hydrogens (tertiary/aromatic N) is 3. The second kappa shape index (κ2) is 6.14. The highest BCUT2D eigenvalue weighted by Crippen LogP contribution is 2.21. The van der Waals surface area contributed by atoms with Gasteiger partial charge in [0.1, 0.15) is 0 Å². The third-order valence-electron chi connectivity index (χ3n) is 4.23. The van der Waals surface area contributed by atoms with Gasteiger partial charge in [-0.2, -0.15) is 5.10 Å². The molecule has 0 saturated carbocycles. The molecule has 1 aliphatic heterocycles. The first-order valence-electron chi connectivity index (χ1n) is 7.56. The summed E-state index contributed by atoms with van der Waals surface area (Å²) in [7, 11) is 0. The molecule has 3 N–H and O–H groups in total. The van der Waals surface area contributed by atoms with Crippen LogP contribution in [0.5, 0.6) is 0 Å². The molecule has 20 heavy (non-hydrogen) atoms. The van der Waals surface area contributed by atoms with Crippen molar-refractivity contribution in [1.29, 1.82) is 0 Å². The van der Waals surface area contributed by atoms with Crippen LogP contribution in [-0.2, 0) is 6.54 Å². The molecule has 1 fully saturated rings. The fraction of sp³-hybridized carbons (Fsp3) is 0.800. The summed E-state index contributed by atoms with van der Waals surface area (Å²) in [4.78, 5) is 2.37. The number of hydrogen-bond donors (Lipinski definition) is 2. The Hall–Kier alpha value is -1.07. The maximum atomic E-state index is 10.3. The van der Waals surface area contributed by atoms with Crippen molar-refractivity contribution in [2.24, 2.45) is 11.8 Å². The van der Waals surface area contributed by atoms with Gasteiger partial charge in [0.25, 0.3) is 0 Å². The summed E-state index contributed by atoms with van der Waals surface area (Å²) in [5, 5.41) is 14.7. The number of likely N-dealkylation sites (tertiary alicyclic amines) is 1. The van der Waals surface area contributed by atoms with Crippen molar-refractivity contribution >= 4 is 5.69 Å². The fourth-order valence-corrected chi connectivity index (χ4v) is 3.39. The Kier molecular flexibility index (Phi) is 4.70. The van der Waals surface area contributed by atoms with Gasteiger partial charge < -0.3 is 15.7 Å². The molecule has 114 valence electrons. The van der Waals surface area contributed by atoms with Crippen LogP contribution in [0.3, 0.4) is 0 Å². The predicted octanol–water partition coefficient (Wildman–Crippen LogP) is 1.42. The first-order chi connectivity index (χ1) is 9.36. The van der Waals surface area contributed by atoms with Gasteiger partial charge in [-0.15, -0.1) is 0 Å². The van der Waals surface area contributed by atoms with Crippen LogP contribution in [0.15, 0.2) is 0 Å². The molecule has 3 unspecified atom stereocenters. The van der Waals surface area contributed by atoms with Gasteiger partial charge in [-0.25, -0.2) is 0 Å². The average Bonchev–Trinajstić information content (AvgIpc) is 2.55. The Morgan fingerprint density at radius 1 is 1.25 bits per heavy atom. The van der Waals surface area contributed by atoms with Crippen LogP contribution in [-0.4, -0.2) is 45.5 Å². The summed E-state index contributed by atoms with van der Waals surface area (Å²) in [6.45, 7) is 11.8. The van der Waals surface area contributed by atoms with Gasteiger partial charge in [-0.1, -0.05) is 13.8 Å². The minimum absolute atomic E-state index is 0.398. The van der Waals surface area contributed by atoms with Crippen molar-refractivity contribution in [3.8, 4) is 0 Å². The lowest BCUT2D eigenvalue weighted by atomic mass is 9.92. The summed E-state index contributed by atoms with van der Waals surface area (Å²) in [5.74, 6) is 1.44. The molecule has 3 atom stereocenters. The first kappa shape index (κ1) is 15.3. The number of piperidine rings is 1. The van der Waals surface area contributed by atoms with Crippen molar-refractivity contribution in [3.63, 3.8) is 0 Å². The molecule has 0 bridgehead atoms. The molecule has 1 aromatic rings. The average molecular weight is 280 g/mol. The predicted molar refractivity (Wildman–Crippen MR) is 81.5 cm³/mol. The van der Waals surface area contributed by atoms with Crippen molar-refractivity contribution in [3.05, 3.63) is 11.4 Å². The van der Waals surface area contributed by atoms with Gasteiger partial charge in [0.2, 0.25) is 0 Å². The summed E-state index contributed by atoms with van der Waals surface area (Å²) in [6, 6.07) is 0. The normalized spacial score (nSPS) is 25.9. The van der Waals surface area contributed by atoms with Crippen LogP contribution in [0.25, 0.3) is 0 Å². The number of aromatic nitrogens is 2. The van der Waals surface area contributed by atoms with Crippen LogP contribution in [0, 0.1) is 25.7 Å². The lowest BCUT2D eigenvalue weighted by Crippen LogP contribution is -2.43. The van der Waals surface area contributed by atoms with Gasteiger partial charge in [0.15, 0.2) is 0 Å². The smallest absolute Gasteiger partial charge is 0.0862 e. The minimum atomic E-state index is -0.398. The number of hydrogen-bond acceptors (Lipinski definition) is 4. The van der Waals surface area contributed by atoms with Crippen molar-refractivity contribution in [1.82, 2.24) is 14.7 Å². The van der Waals surface area contributed by atoms with Gasteiger partial charge in [0.05, 0.1) is 29.7 Å². The molecule has 0 amide bonds. The quantitative estimate of drug-likeness (QED) is 0.875. The lowest BCUT2D eigenvalue weighted by Gasteiger charge is -2.36. The molecule has 0 spiro atoms. The largest absolute Gasteiger partial charge is 0.396 e. The van der Waals surface area contributed by atoms with Crippen LogP contribution >= 0.6 is 0 Å². The molecule has 2 rings (SSSR count). The Morgan fingerprint density at radius 3 is 2.35 bits per heavy atom. The topological polar surface area (TPSA) is 67.3 Å².